The van der Waals surface area contributed by atoms with E-state index in [9.17, 15) is 0 Å². The van der Waals surface area contributed by atoms with Gasteiger partial charge in [-0.3, -0.25) is 0 Å². The Morgan fingerprint density at radius 3 is 1.65 bits per heavy atom. The Hall–Kier alpha value is 0. The maximum Gasteiger partial charge on any atom is -0.0321 e. The van der Waals surface area contributed by atoms with Gasteiger partial charge >= 0.3 is 0 Å². The van der Waals surface area contributed by atoms with Gasteiger partial charge in [0.25, 0.3) is 0 Å². The lowest BCUT2D eigenvalue weighted by Crippen LogP contribution is -2.38. The molecule has 0 aromatic rings. The average Bonchev–Trinajstić information content (AvgIpc) is 3.03. The molecule has 5 rings (SSSR count). The van der Waals surface area contributed by atoms with E-state index < -0.39 is 0 Å². The van der Waals surface area contributed by atoms with E-state index >= 15 is 0 Å². The van der Waals surface area contributed by atoms with Crippen molar-refractivity contribution in [3.8, 4) is 0 Å². The molecule has 0 spiro atoms. The lowest BCUT2D eigenvalue weighted by molar-refractivity contribution is 0.0477. The average molecular weight is 230 g/mol. The van der Waals surface area contributed by atoms with Crippen LogP contribution in [0.15, 0.2) is 0 Å². The summed E-state index contributed by atoms with van der Waals surface area (Å²) in [6.07, 6.45) is 8.07. The van der Waals surface area contributed by atoms with Crippen LogP contribution in [0.4, 0.5) is 0 Å². The van der Waals surface area contributed by atoms with Crippen LogP contribution in [0, 0.1) is 59.2 Å². The molecule has 5 fully saturated rings. The van der Waals surface area contributed by atoms with Crippen LogP contribution in [-0.2, 0) is 0 Å². The fourth-order valence-electron chi connectivity index (χ4n) is 8.18. The van der Waals surface area contributed by atoms with Crippen molar-refractivity contribution in [3.05, 3.63) is 0 Å². The van der Waals surface area contributed by atoms with Gasteiger partial charge in [0.05, 0.1) is 0 Å². The molecule has 0 aromatic carbocycles. The molecule has 17 heavy (non-hydrogen) atoms. The summed E-state index contributed by atoms with van der Waals surface area (Å²) in [5, 5.41) is 0. The molecular formula is C17H26. The van der Waals surface area contributed by atoms with Crippen LogP contribution in [0.5, 0.6) is 0 Å². The van der Waals surface area contributed by atoms with E-state index in [0.29, 0.717) is 0 Å². The lowest BCUT2D eigenvalue weighted by Gasteiger charge is -2.42. The van der Waals surface area contributed by atoms with Crippen molar-refractivity contribution >= 4 is 0 Å². The van der Waals surface area contributed by atoms with Crippen LogP contribution < -0.4 is 0 Å². The molecule has 94 valence electrons. The van der Waals surface area contributed by atoms with E-state index in [1.807, 2.05) is 0 Å². The fraction of sp³-hybridized carbons (Fsp3) is 1.00. The van der Waals surface area contributed by atoms with Gasteiger partial charge in [-0.15, -0.1) is 0 Å². The molecule has 0 heterocycles. The molecule has 0 nitrogen and oxygen atoms in total. The van der Waals surface area contributed by atoms with Crippen molar-refractivity contribution in [1.29, 1.82) is 0 Å². The van der Waals surface area contributed by atoms with Crippen molar-refractivity contribution in [2.45, 2.75) is 46.0 Å². The molecular weight excluding hydrogens is 204 g/mol. The molecule has 5 saturated carbocycles. The smallest absolute Gasteiger partial charge is 0.0321 e. The Morgan fingerprint density at radius 2 is 1.12 bits per heavy atom. The fourth-order valence-corrected chi connectivity index (χ4v) is 8.18. The first-order valence-electron chi connectivity index (χ1n) is 8.25. The van der Waals surface area contributed by atoms with Crippen molar-refractivity contribution in [1.82, 2.24) is 0 Å². The van der Waals surface area contributed by atoms with Gasteiger partial charge in [0.2, 0.25) is 0 Å². The minimum absolute atomic E-state index is 1.06. The zero-order valence-corrected chi connectivity index (χ0v) is 11.3. The Balaban J connectivity index is 1.57. The summed E-state index contributed by atoms with van der Waals surface area (Å²) in [7, 11) is 0. The van der Waals surface area contributed by atoms with Gasteiger partial charge in [0.15, 0.2) is 0 Å². The van der Waals surface area contributed by atoms with Crippen molar-refractivity contribution in [2.24, 2.45) is 59.2 Å². The van der Waals surface area contributed by atoms with E-state index in [1.54, 1.807) is 32.1 Å². The van der Waals surface area contributed by atoms with Gasteiger partial charge in [0, 0.05) is 0 Å². The maximum absolute atomic E-state index is 2.57. The van der Waals surface area contributed by atoms with Gasteiger partial charge in [0.1, 0.15) is 0 Å². The molecule has 0 amide bonds. The molecule has 10 atom stereocenters. The molecule has 10 unspecified atom stereocenters. The summed E-state index contributed by atoms with van der Waals surface area (Å²) in [5.74, 6) is 11.6. The topological polar surface area (TPSA) is 0 Å². The Bertz CT molecular complexity index is 319. The highest BCUT2D eigenvalue weighted by Crippen LogP contribution is 2.74. The highest BCUT2D eigenvalue weighted by Gasteiger charge is 2.68. The van der Waals surface area contributed by atoms with Crippen LogP contribution in [0.1, 0.15) is 46.0 Å². The highest BCUT2D eigenvalue weighted by atomic mass is 14.7. The standard InChI is InChI=1S/C17H26/c1-8-5-9(2)15-13-7-12(14(8)15)16-10-3-4-11(6-10)17(13)16/h8-17H,3-7H2,1-2H3. The van der Waals surface area contributed by atoms with Gasteiger partial charge in [-0.25, -0.2) is 0 Å². The molecule has 0 aromatic heterocycles. The molecule has 0 radical (unpaired) electrons. The van der Waals surface area contributed by atoms with E-state index in [4.69, 9.17) is 0 Å². The summed E-state index contributed by atoms with van der Waals surface area (Å²) < 4.78 is 0. The van der Waals surface area contributed by atoms with Gasteiger partial charge in [-0.05, 0) is 91.3 Å². The first-order chi connectivity index (χ1) is 8.25. The summed E-state index contributed by atoms with van der Waals surface area (Å²) in [5.41, 5.74) is 0. The zero-order valence-electron chi connectivity index (χ0n) is 11.3. The van der Waals surface area contributed by atoms with E-state index in [2.05, 4.69) is 13.8 Å². The third-order valence-corrected chi connectivity index (χ3v) is 8.07. The zero-order chi connectivity index (χ0) is 11.3. The molecule has 0 saturated heterocycles. The minimum Gasteiger partial charge on any atom is -0.0622 e. The van der Waals surface area contributed by atoms with Crippen molar-refractivity contribution in [3.63, 3.8) is 0 Å². The molecule has 0 heteroatoms. The van der Waals surface area contributed by atoms with E-state index in [1.165, 1.54) is 35.5 Å². The van der Waals surface area contributed by atoms with Crippen LogP contribution >= 0.6 is 0 Å². The summed E-state index contributed by atoms with van der Waals surface area (Å²) in [6.45, 7) is 5.15. The molecule has 5 aliphatic rings. The monoisotopic (exact) mass is 230 g/mol. The summed E-state index contributed by atoms with van der Waals surface area (Å²) in [6, 6.07) is 0. The summed E-state index contributed by atoms with van der Waals surface area (Å²) in [4.78, 5) is 0. The minimum atomic E-state index is 1.06. The first kappa shape index (κ1) is 9.87. The summed E-state index contributed by atoms with van der Waals surface area (Å²) >= 11 is 0. The number of hydrogen-bond donors (Lipinski definition) is 0. The predicted octanol–water partition coefficient (Wildman–Crippen LogP) is 4.21. The quantitative estimate of drug-likeness (QED) is 0.547. The van der Waals surface area contributed by atoms with Gasteiger partial charge in [-0.2, -0.15) is 0 Å². The second kappa shape index (κ2) is 2.94. The SMILES string of the molecule is CC1CC(C)C2C3CC(C12)C1C2CCC(C2)C31. The van der Waals surface area contributed by atoms with Crippen LogP contribution in [0.25, 0.3) is 0 Å². The molecule has 5 aliphatic carbocycles. The van der Waals surface area contributed by atoms with Crippen molar-refractivity contribution in [2.75, 3.05) is 0 Å². The predicted molar refractivity (Wildman–Crippen MR) is 69.3 cm³/mol. The first-order valence-corrected chi connectivity index (χ1v) is 8.25. The number of fused-ring (bicyclic) bond motifs is 12. The Kier molecular flexibility index (Phi) is 1.71. The van der Waals surface area contributed by atoms with Crippen molar-refractivity contribution < 1.29 is 0 Å². The van der Waals surface area contributed by atoms with Crippen LogP contribution in [0.3, 0.4) is 0 Å². The molecule has 4 bridgehead atoms. The largest absolute Gasteiger partial charge is 0.0622 e. The molecule has 0 N–H and O–H groups in total. The normalized spacial score (nSPS) is 70.9. The third-order valence-electron chi connectivity index (χ3n) is 8.07. The Labute approximate surface area is 106 Å². The number of hydrogen-bond acceptors (Lipinski definition) is 0. The lowest BCUT2D eigenvalue weighted by atomic mass is 9.62. The van der Waals surface area contributed by atoms with E-state index in [0.717, 1.165) is 23.7 Å². The van der Waals surface area contributed by atoms with Crippen LogP contribution in [0.2, 0.25) is 0 Å². The Morgan fingerprint density at radius 1 is 0.588 bits per heavy atom. The molecule has 0 aliphatic heterocycles. The highest BCUT2D eigenvalue weighted by molar-refractivity contribution is 5.16. The van der Waals surface area contributed by atoms with Crippen LogP contribution in [-0.4, -0.2) is 0 Å². The second-order valence-electron chi connectivity index (χ2n) is 8.40. The number of rotatable bonds is 0. The third kappa shape index (κ3) is 0.965. The maximum atomic E-state index is 2.57. The van der Waals surface area contributed by atoms with E-state index in [-0.39, 0.29) is 0 Å². The van der Waals surface area contributed by atoms with Gasteiger partial charge < -0.3 is 0 Å². The second-order valence-corrected chi connectivity index (χ2v) is 8.40. The van der Waals surface area contributed by atoms with Gasteiger partial charge in [-0.1, -0.05) is 13.8 Å².